The molecule has 0 amide bonds. The van der Waals surface area contributed by atoms with Gasteiger partial charge in [-0.15, -0.1) is 0 Å². The van der Waals surface area contributed by atoms with Crippen LogP contribution in [0.1, 0.15) is 12.5 Å². The minimum atomic E-state index is -2.76. The molecular formula is C10H13F2NO. The molecule has 0 spiro atoms. The summed E-state index contributed by atoms with van der Waals surface area (Å²) in [6.07, 6.45) is 0. The summed E-state index contributed by atoms with van der Waals surface area (Å²) >= 11 is 0. The van der Waals surface area contributed by atoms with Crippen molar-refractivity contribution < 1.29 is 13.5 Å². The van der Waals surface area contributed by atoms with Gasteiger partial charge in [0.1, 0.15) is 5.75 Å². The van der Waals surface area contributed by atoms with E-state index in [1.807, 2.05) is 13.0 Å². The van der Waals surface area contributed by atoms with Crippen LogP contribution < -0.4 is 10.1 Å². The van der Waals surface area contributed by atoms with Gasteiger partial charge in [0.25, 0.3) is 0 Å². The minimum absolute atomic E-state index is 0.204. The van der Waals surface area contributed by atoms with Crippen molar-refractivity contribution in [3.63, 3.8) is 0 Å². The molecule has 0 atom stereocenters. The van der Waals surface area contributed by atoms with E-state index in [0.29, 0.717) is 6.54 Å². The summed E-state index contributed by atoms with van der Waals surface area (Å²) in [6, 6.07) is 6.68. The average Bonchev–Trinajstić information content (AvgIpc) is 2.14. The molecule has 1 aromatic carbocycles. The molecular weight excluding hydrogens is 188 g/mol. The first-order chi connectivity index (χ1) is 6.72. The zero-order valence-corrected chi connectivity index (χ0v) is 7.97. The van der Waals surface area contributed by atoms with Gasteiger partial charge >= 0.3 is 6.61 Å². The molecule has 4 heteroatoms. The maximum Gasteiger partial charge on any atom is 0.387 e. The summed E-state index contributed by atoms with van der Waals surface area (Å²) in [6.45, 7) is 0.737. The van der Waals surface area contributed by atoms with E-state index in [0.717, 1.165) is 12.1 Å². The highest BCUT2D eigenvalue weighted by molar-refractivity contribution is 5.28. The fourth-order valence-corrected chi connectivity index (χ4v) is 1.10. The van der Waals surface area contributed by atoms with Crippen LogP contribution in [0.5, 0.6) is 5.75 Å². The van der Waals surface area contributed by atoms with Gasteiger partial charge in [-0.05, 0) is 24.2 Å². The molecule has 14 heavy (non-hydrogen) atoms. The first-order valence-corrected chi connectivity index (χ1v) is 4.47. The summed E-state index contributed by atoms with van der Waals surface area (Å²) in [7, 11) is 0. The van der Waals surface area contributed by atoms with E-state index in [-0.39, 0.29) is 5.75 Å². The molecule has 1 N–H and O–H groups in total. The summed E-state index contributed by atoms with van der Waals surface area (Å²) < 4.78 is 28.0. The molecule has 0 saturated carbocycles. The monoisotopic (exact) mass is 201 g/mol. The zero-order chi connectivity index (χ0) is 10.4. The number of nitrogens with one attached hydrogen (secondary N) is 1. The number of ether oxygens (including phenoxy) is 1. The molecule has 0 aliphatic carbocycles. The summed E-state index contributed by atoms with van der Waals surface area (Å²) in [5, 5.41) is 3.10. The third-order valence-electron chi connectivity index (χ3n) is 1.70. The fourth-order valence-electron chi connectivity index (χ4n) is 1.10. The van der Waals surface area contributed by atoms with Crippen molar-refractivity contribution in [2.24, 2.45) is 0 Å². The van der Waals surface area contributed by atoms with Gasteiger partial charge in [0.15, 0.2) is 0 Å². The first kappa shape index (κ1) is 10.9. The lowest BCUT2D eigenvalue weighted by Gasteiger charge is -2.06. The van der Waals surface area contributed by atoms with Crippen molar-refractivity contribution in [2.45, 2.75) is 20.1 Å². The van der Waals surface area contributed by atoms with Crippen LogP contribution in [0.4, 0.5) is 8.78 Å². The summed E-state index contributed by atoms with van der Waals surface area (Å²) in [5.74, 6) is 0.204. The van der Waals surface area contributed by atoms with Crippen molar-refractivity contribution in [3.05, 3.63) is 29.8 Å². The second kappa shape index (κ2) is 5.54. The second-order valence-corrected chi connectivity index (χ2v) is 2.81. The van der Waals surface area contributed by atoms with Crippen LogP contribution in [0.25, 0.3) is 0 Å². The van der Waals surface area contributed by atoms with Crippen molar-refractivity contribution in [1.82, 2.24) is 5.32 Å². The van der Waals surface area contributed by atoms with Crippen LogP contribution in [0, 0.1) is 0 Å². The standard InChI is InChI=1S/C10H13F2NO/c1-2-13-7-8-4-3-5-9(6-8)14-10(11)12/h3-6,10,13H,2,7H2,1H3. The van der Waals surface area contributed by atoms with Gasteiger partial charge < -0.3 is 10.1 Å². The maximum atomic E-state index is 11.9. The molecule has 0 bridgehead atoms. The van der Waals surface area contributed by atoms with Gasteiger partial charge in [0, 0.05) is 6.54 Å². The van der Waals surface area contributed by atoms with Crippen LogP contribution in [-0.2, 0) is 6.54 Å². The van der Waals surface area contributed by atoms with Crippen LogP contribution in [0.2, 0.25) is 0 Å². The predicted octanol–water partition coefficient (Wildman–Crippen LogP) is 2.40. The normalized spacial score (nSPS) is 10.6. The third kappa shape index (κ3) is 3.70. The number of halogens is 2. The lowest BCUT2D eigenvalue weighted by atomic mass is 10.2. The Balaban J connectivity index is 2.59. The van der Waals surface area contributed by atoms with Crippen LogP contribution in [-0.4, -0.2) is 13.2 Å². The SMILES string of the molecule is CCNCc1cccc(OC(F)F)c1. The van der Waals surface area contributed by atoms with Crippen molar-refractivity contribution in [1.29, 1.82) is 0 Å². The Bertz CT molecular complexity index is 279. The Hall–Kier alpha value is -1.16. The second-order valence-electron chi connectivity index (χ2n) is 2.81. The van der Waals surface area contributed by atoms with Crippen LogP contribution in [0.15, 0.2) is 24.3 Å². The average molecular weight is 201 g/mol. The molecule has 0 aromatic heterocycles. The Labute approximate surface area is 81.9 Å². The molecule has 0 heterocycles. The number of hydrogen-bond acceptors (Lipinski definition) is 2. The summed E-state index contributed by atoms with van der Waals surface area (Å²) in [5.41, 5.74) is 0.935. The highest BCUT2D eigenvalue weighted by atomic mass is 19.3. The highest BCUT2D eigenvalue weighted by Crippen LogP contribution is 2.15. The van der Waals surface area contributed by atoms with Crippen molar-refractivity contribution >= 4 is 0 Å². The Morgan fingerprint density at radius 1 is 1.43 bits per heavy atom. The van der Waals surface area contributed by atoms with Crippen molar-refractivity contribution in [3.8, 4) is 5.75 Å². The topological polar surface area (TPSA) is 21.3 Å². The third-order valence-corrected chi connectivity index (χ3v) is 1.70. The zero-order valence-electron chi connectivity index (χ0n) is 7.97. The molecule has 0 unspecified atom stereocenters. The molecule has 0 radical (unpaired) electrons. The lowest BCUT2D eigenvalue weighted by molar-refractivity contribution is -0.0498. The van der Waals surface area contributed by atoms with E-state index < -0.39 is 6.61 Å². The molecule has 1 aromatic rings. The van der Waals surface area contributed by atoms with Crippen LogP contribution >= 0.6 is 0 Å². The molecule has 1 rings (SSSR count). The van der Waals surface area contributed by atoms with E-state index in [1.54, 1.807) is 12.1 Å². The van der Waals surface area contributed by atoms with E-state index in [4.69, 9.17) is 0 Å². The van der Waals surface area contributed by atoms with E-state index >= 15 is 0 Å². The van der Waals surface area contributed by atoms with Crippen LogP contribution in [0.3, 0.4) is 0 Å². The first-order valence-electron chi connectivity index (χ1n) is 4.47. The molecule has 0 saturated heterocycles. The van der Waals surface area contributed by atoms with Gasteiger partial charge in [-0.25, -0.2) is 0 Å². The number of hydrogen-bond donors (Lipinski definition) is 1. The van der Waals surface area contributed by atoms with Crippen molar-refractivity contribution in [2.75, 3.05) is 6.54 Å². The maximum absolute atomic E-state index is 11.9. The number of alkyl halides is 2. The molecule has 0 aliphatic rings. The Kier molecular flexibility index (Phi) is 4.32. The summed E-state index contributed by atoms with van der Waals surface area (Å²) in [4.78, 5) is 0. The van der Waals surface area contributed by atoms with E-state index in [1.165, 1.54) is 6.07 Å². The lowest BCUT2D eigenvalue weighted by Crippen LogP contribution is -2.11. The van der Waals surface area contributed by atoms with E-state index in [9.17, 15) is 8.78 Å². The van der Waals surface area contributed by atoms with Gasteiger partial charge in [-0.2, -0.15) is 8.78 Å². The smallest absolute Gasteiger partial charge is 0.387 e. The number of rotatable bonds is 5. The quantitative estimate of drug-likeness (QED) is 0.789. The number of benzene rings is 1. The highest BCUT2D eigenvalue weighted by Gasteiger charge is 2.03. The molecule has 0 aliphatic heterocycles. The van der Waals surface area contributed by atoms with Gasteiger partial charge in [-0.1, -0.05) is 19.1 Å². The predicted molar refractivity (Wildman–Crippen MR) is 50.5 cm³/mol. The van der Waals surface area contributed by atoms with E-state index in [2.05, 4.69) is 10.1 Å². The molecule has 0 fully saturated rings. The van der Waals surface area contributed by atoms with Gasteiger partial charge in [0.05, 0.1) is 0 Å². The largest absolute Gasteiger partial charge is 0.435 e. The fraction of sp³-hybridized carbons (Fsp3) is 0.400. The Morgan fingerprint density at radius 2 is 2.21 bits per heavy atom. The van der Waals surface area contributed by atoms with Gasteiger partial charge in [-0.3, -0.25) is 0 Å². The van der Waals surface area contributed by atoms with Gasteiger partial charge in [0.2, 0.25) is 0 Å². The minimum Gasteiger partial charge on any atom is -0.435 e. The molecule has 2 nitrogen and oxygen atoms in total. The Morgan fingerprint density at radius 3 is 2.86 bits per heavy atom. The molecule has 78 valence electrons.